The summed E-state index contributed by atoms with van der Waals surface area (Å²) in [6.07, 6.45) is 9.83. The molecule has 7 nitrogen and oxygen atoms in total. The van der Waals surface area contributed by atoms with E-state index in [2.05, 4.69) is 22.3 Å². The van der Waals surface area contributed by atoms with Gasteiger partial charge in [-0.2, -0.15) is 0 Å². The summed E-state index contributed by atoms with van der Waals surface area (Å²) in [7, 11) is 0. The van der Waals surface area contributed by atoms with Crippen molar-refractivity contribution in [1.82, 2.24) is 24.6 Å². The van der Waals surface area contributed by atoms with Gasteiger partial charge in [0, 0.05) is 67.4 Å². The number of piperidine rings is 1. The van der Waals surface area contributed by atoms with E-state index in [4.69, 9.17) is 9.51 Å². The first-order chi connectivity index (χ1) is 13.6. The summed E-state index contributed by atoms with van der Waals surface area (Å²) >= 11 is 0. The quantitative estimate of drug-likeness (QED) is 0.679. The molecule has 4 heterocycles. The molecule has 0 bridgehead atoms. The van der Waals surface area contributed by atoms with Gasteiger partial charge >= 0.3 is 0 Å². The fraction of sp³-hybridized carbons (Fsp3) is 0.429. The first kappa shape index (κ1) is 18.4. The second-order valence-corrected chi connectivity index (χ2v) is 7.40. The molecule has 3 aromatic rings. The highest BCUT2D eigenvalue weighted by Crippen LogP contribution is 2.30. The lowest BCUT2D eigenvalue weighted by molar-refractivity contribution is -0.132. The summed E-state index contributed by atoms with van der Waals surface area (Å²) in [6, 6.07) is 4.15. The number of imidazole rings is 1. The Morgan fingerprint density at radius 1 is 1.32 bits per heavy atom. The molecule has 0 radical (unpaired) electrons. The van der Waals surface area contributed by atoms with E-state index in [0.29, 0.717) is 13.0 Å². The largest absolute Gasteiger partial charge is 0.361 e. The van der Waals surface area contributed by atoms with Crippen molar-refractivity contribution >= 4 is 5.91 Å². The van der Waals surface area contributed by atoms with E-state index in [-0.39, 0.29) is 11.8 Å². The van der Waals surface area contributed by atoms with Crippen LogP contribution in [0.25, 0.3) is 11.1 Å². The number of likely N-dealkylation sites (tertiary alicyclic amines) is 1. The number of hydrogen-bond acceptors (Lipinski definition) is 5. The van der Waals surface area contributed by atoms with Crippen molar-refractivity contribution in [2.75, 3.05) is 13.1 Å². The lowest BCUT2D eigenvalue weighted by Crippen LogP contribution is -2.39. The van der Waals surface area contributed by atoms with E-state index in [1.807, 2.05) is 35.7 Å². The Kier molecular flexibility index (Phi) is 5.23. The van der Waals surface area contributed by atoms with Gasteiger partial charge in [0.25, 0.3) is 0 Å². The van der Waals surface area contributed by atoms with Crippen LogP contribution in [-0.4, -0.2) is 43.6 Å². The molecule has 0 saturated carbocycles. The summed E-state index contributed by atoms with van der Waals surface area (Å²) in [5.41, 5.74) is 3.95. The lowest BCUT2D eigenvalue weighted by Gasteiger charge is -2.32. The normalized spacial score (nSPS) is 17.1. The van der Waals surface area contributed by atoms with Crippen molar-refractivity contribution in [3.63, 3.8) is 0 Å². The Hall–Kier alpha value is -2.96. The van der Waals surface area contributed by atoms with Gasteiger partial charge in [0.1, 0.15) is 5.76 Å². The van der Waals surface area contributed by atoms with Crippen molar-refractivity contribution in [2.45, 2.75) is 45.6 Å². The van der Waals surface area contributed by atoms with E-state index in [9.17, 15) is 4.79 Å². The molecule has 1 aliphatic rings. The van der Waals surface area contributed by atoms with Gasteiger partial charge < -0.3 is 14.0 Å². The van der Waals surface area contributed by atoms with Crippen LogP contribution in [-0.2, 0) is 11.3 Å². The molecule has 0 spiro atoms. The van der Waals surface area contributed by atoms with Crippen LogP contribution in [0.1, 0.15) is 42.3 Å². The van der Waals surface area contributed by atoms with Crippen LogP contribution in [0.2, 0.25) is 0 Å². The predicted octanol–water partition coefficient (Wildman–Crippen LogP) is 3.35. The van der Waals surface area contributed by atoms with Crippen LogP contribution >= 0.6 is 0 Å². The zero-order valence-electron chi connectivity index (χ0n) is 16.3. The van der Waals surface area contributed by atoms with E-state index < -0.39 is 0 Å². The number of nitrogens with zero attached hydrogens (tertiary/aromatic N) is 5. The summed E-state index contributed by atoms with van der Waals surface area (Å²) in [5, 5.41) is 4.02. The molecule has 1 aliphatic heterocycles. The average Bonchev–Trinajstić information content (AvgIpc) is 3.36. The summed E-state index contributed by atoms with van der Waals surface area (Å²) in [5.74, 6) is 1.29. The van der Waals surface area contributed by atoms with Gasteiger partial charge in [-0.3, -0.25) is 9.78 Å². The van der Waals surface area contributed by atoms with Crippen LogP contribution < -0.4 is 0 Å². The van der Waals surface area contributed by atoms with Gasteiger partial charge in [0.05, 0.1) is 12.0 Å². The fourth-order valence-electron chi connectivity index (χ4n) is 3.94. The fourth-order valence-corrected chi connectivity index (χ4v) is 3.94. The van der Waals surface area contributed by atoms with Gasteiger partial charge in [-0.25, -0.2) is 4.98 Å². The van der Waals surface area contributed by atoms with Gasteiger partial charge in [-0.05, 0) is 32.8 Å². The smallest absolute Gasteiger partial charge is 0.224 e. The Morgan fingerprint density at radius 3 is 2.89 bits per heavy atom. The SMILES string of the molecule is Cc1noc(C)c1-c1ccc([C@H]2CCCN(C(=O)CCn3ccnc3)C2)nc1. The molecule has 0 N–H and O–H groups in total. The number of rotatable bonds is 5. The van der Waals surface area contributed by atoms with Gasteiger partial charge in [-0.1, -0.05) is 11.2 Å². The molecular formula is C21H25N5O2. The molecule has 1 saturated heterocycles. The molecular weight excluding hydrogens is 354 g/mol. The third kappa shape index (κ3) is 3.83. The van der Waals surface area contributed by atoms with E-state index in [1.165, 1.54) is 0 Å². The molecule has 28 heavy (non-hydrogen) atoms. The third-order valence-corrected chi connectivity index (χ3v) is 5.44. The molecule has 0 aliphatic carbocycles. The van der Waals surface area contributed by atoms with E-state index >= 15 is 0 Å². The first-order valence-electron chi connectivity index (χ1n) is 9.74. The topological polar surface area (TPSA) is 77.0 Å². The maximum absolute atomic E-state index is 12.6. The second kappa shape index (κ2) is 7.96. The maximum atomic E-state index is 12.6. The maximum Gasteiger partial charge on any atom is 0.224 e. The molecule has 7 heteroatoms. The number of pyridine rings is 1. The first-order valence-corrected chi connectivity index (χ1v) is 9.74. The van der Waals surface area contributed by atoms with Crippen molar-refractivity contribution in [3.05, 3.63) is 54.2 Å². The minimum absolute atomic E-state index is 0.200. The zero-order valence-corrected chi connectivity index (χ0v) is 16.3. The molecule has 4 rings (SSSR count). The molecule has 0 aromatic carbocycles. The Bertz CT molecular complexity index is 911. The Morgan fingerprint density at radius 2 is 2.21 bits per heavy atom. The van der Waals surface area contributed by atoms with Crippen LogP contribution in [0.3, 0.4) is 0 Å². The standard InChI is InChI=1S/C21H25N5O2/c1-15-21(16(2)28-24-15)17-5-6-19(23-12-17)18-4-3-9-26(13-18)20(27)7-10-25-11-8-22-14-25/h5-6,8,11-12,14,18H,3-4,7,9-10,13H2,1-2H3/t18-/m0/s1. The Labute approximate surface area is 164 Å². The van der Waals surface area contributed by atoms with Gasteiger partial charge in [0.15, 0.2) is 0 Å². The van der Waals surface area contributed by atoms with Crippen LogP contribution in [0.4, 0.5) is 0 Å². The van der Waals surface area contributed by atoms with E-state index in [0.717, 1.165) is 54.2 Å². The molecule has 146 valence electrons. The van der Waals surface area contributed by atoms with E-state index in [1.54, 1.807) is 12.5 Å². The van der Waals surface area contributed by atoms with Gasteiger partial charge in [0.2, 0.25) is 5.91 Å². The van der Waals surface area contributed by atoms with Crippen molar-refractivity contribution in [3.8, 4) is 11.1 Å². The second-order valence-electron chi connectivity index (χ2n) is 7.40. The average molecular weight is 379 g/mol. The predicted molar refractivity (Wildman–Crippen MR) is 105 cm³/mol. The van der Waals surface area contributed by atoms with Crippen molar-refractivity contribution in [2.24, 2.45) is 0 Å². The van der Waals surface area contributed by atoms with Crippen LogP contribution in [0, 0.1) is 13.8 Å². The molecule has 3 aromatic heterocycles. The monoisotopic (exact) mass is 379 g/mol. The van der Waals surface area contributed by atoms with Gasteiger partial charge in [-0.15, -0.1) is 0 Å². The number of aryl methyl sites for hydroxylation is 3. The summed E-state index contributed by atoms with van der Waals surface area (Å²) in [6.45, 7) is 6.09. The highest BCUT2D eigenvalue weighted by atomic mass is 16.5. The lowest BCUT2D eigenvalue weighted by atomic mass is 9.93. The van der Waals surface area contributed by atoms with Crippen LogP contribution in [0.5, 0.6) is 0 Å². The third-order valence-electron chi connectivity index (χ3n) is 5.44. The summed E-state index contributed by atoms with van der Waals surface area (Å²) in [4.78, 5) is 23.3. The van der Waals surface area contributed by atoms with Crippen molar-refractivity contribution < 1.29 is 9.32 Å². The molecule has 0 unspecified atom stereocenters. The Balaban J connectivity index is 1.41. The number of carbonyl (C=O) groups is 1. The number of aromatic nitrogens is 4. The zero-order chi connectivity index (χ0) is 19.5. The summed E-state index contributed by atoms with van der Waals surface area (Å²) < 4.78 is 7.20. The van der Waals surface area contributed by atoms with Crippen LogP contribution in [0.15, 0.2) is 41.6 Å². The highest BCUT2D eigenvalue weighted by molar-refractivity contribution is 5.76. The number of carbonyl (C=O) groups excluding carboxylic acids is 1. The highest BCUT2D eigenvalue weighted by Gasteiger charge is 2.25. The molecule has 1 fully saturated rings. The van der Waals surface area contributed by atoms with Crippen molar-refractivity contribution in [1.29, 1.82) is 0 Å². The molecule has 1 atom stereocenters. The number of amides is 1. The minimum atomic E-state index is 0.200. The number of hydrogen-bond donors (Lipinski definition) is 0. The molecule has 1 amide bonds. The minimum Gasteiger partial charge on any atom is -0.361 e.